The third-order valence-corrected chi connectivity index (χ3v) is 4.32. The average Bonchev–Trinajstić information content (AvgIpc) is 2.65. The van der Waals surface area contributed by atoms with E-state index in [2.05, 4.69) is 79.3 Å². The van der Waals surface area contributed by atoms with Crippen molar-refractivity contribution in [3.05, 3.63) is 59.4 Å². The number of rotatable bonds is 2. The molecule has 3 aliphatic rings. The largest absolute Gasteiger partial charge is 0.378 e. The lowest BCUT2D eigenvalue weighted by Gasteiger charge is -2.30. The molecule has 0 spiro atoms. The third kappa shape index (κ3) is 2.65. The summed E-state index contributed by atoms with van der Waals surface area (Å²) in [5.74, 6) is 0.560. The summed E-state index contributed by atoms with van der Waals surface area (Å²) in [5.41, 5.74) is 5.32. The van der Waals surface area contributed by atoms with E-state index in [1.165, 1.54) is 29.1 Å². The molecule has 3 nitrogen and oxygen atoms in total. The molecular formula is C18H25N3. The van der Waals surface area contributed by atoms with Gasteiger partial charge in [-0.25, -0.2) is 0 Å². The van der Waals surface area contributed by atoms with Gasteiger partial charge in [-0.05, 0) is 42.2 Å². The van der Waals surface area contributed by atoms with Crippen LogP contribution in [0.2, 0.25) is 0 Å². The van der Waals surface area contributed by atoms with Gasteiger partial charge in [-0.1, -0.05) is 13.8 Å². The first-order valence-electron chi connectivity index (χ1n) is 7.81. The highest BCUT2D eigenvalue weighted by Gasteiger charge is 2.23. The van der Waals surface area contributed by atoms with Crippen LogP contribution in [0, 0.1) is 5.92 Å². The summed E-state index contributed by atoms with van der Waals surface area (Å²) in [7, 11) is 4.20. The Bertz CT molecular complexity index is 523. The molecule has 112 valence electrons. The van der Waals surface area contributed by atoms with E-state index in [1.807, 2.05) is 0 Å². The van der Waals surface area contributed by atoms with Gasteiger partial charge in [-0.2, -0.15) is 0 Å². The van der Waals surface area contributed by atoms with Crippen molar-refractivity contribution < 1.29 is 0 Å². The van der Waals surface area contributed by atoms with Gasteiger partial charge in [-0.3, -0.25) is 0 Å². The third-order valence-electron chi connectivity index (χ3n) is 4.32. The molecule has 0 bridgehead atoms. The Balaban J connectivity index is 2.09. The molecule has 3 rings (SSSR count). The Labute approximate surface area is 128 Å². The van der Waals surface area contributed by atoms with Crippen LogP contribution in [0.3, 0.4) is 0 Å². The number of hydrogen-bond donors (Lipinski definition) is 0. The molecule has 3 aliphatic heterocycles. The van der Waals surface area contributed by atoms with Crippen molar-refractivity contribution in [3.8, 4) is 0 Å². The lowest BCUT2D eigenvalue weighted by molar-refractivity contribution is 0.440. The van der Waals surface area contributed by atoms with Crippen LogP contribution in [-0.4, -0.2) is 41.9 Å². The van der Waals surface area contributed by atoms with Crippen LogP contribution in [0.5, 0.6) is 0 Å². The molecule has 0 unspecified atom stereocenters. The van der Waals surface area contributed by atoms with E-state index >= 15 is 0 Å². The summed E-state index contributed by atoms with van der Waals surface area (Å²) in [4.78, 5) is 6.95. The fourth-order valence-electron chi connectivity index (χ4n) is 2.94. The molecule has 0 radical (unpaired) electrons. The first-order valence-corrected chi connectivity index (χ1v) is 7.81. The van der Waals surface area contributed by atoms with Crippen molar-refractivity contribution in [2.45, 2.75) is 20.3 Å². The molecule has 0 saturated heterocycles. The number of fused-ring (bicyclic) bond motifs is 2. The van der Waals surface area contributed by atoms with Gasteiger partial charge in [0, 0.05) is 45.3 Å². The number of likely N-dealkylation sites (N-methyl/N-ethyl adjacent to an activating group) is 1. The molecule has 0 saturated carbocycles. The fourth-order valence-corrected chi connectivity index (χ4v) is 2.94. The summed E-state index contributed by atoms with van der Waals surface area (Å²) >= 11 is 0. The Kier molecular flexibility index (Phi) is 3.66. The van der Waals surface area contributed by atoms with Crippen LogP contribution >= 0.6 is 0 Å². The standard InChI is InChI=1S/C18H25N3/c1-14(2)15-6-10-20-8-5-9-21-11-7-16(19(3)4)13-18(21)17(20)12-15/h6-7,10-14H,5,8-9H2,1-4H3. The van der Waals surface area contributed by atoms with Gasteiger partial charge in [0.1, 0.15) is 0 Å². The summed E-state index contributed by atoms with van der Waals surface area (Å²) < 4.78 is 0. The van der Waals surface area contributed by atoms with Crippen molar-refractivity contribution in [1.82, 2.24) is 14.7 Å². The number of hydrogen-bond acceptors (Lipinski definition) is 3. The highest BCUT2D eigenvalue weighted by atomic mass is 15.2. The Morgan fingerprint density at radius 1 is 0.952 bits per heavy atom. The molecular weight excluding hydrogens is 258 g/mol. The van der Waals surface area contributed by atoms with Crippen LogP contribution in [0.15, 0.2) is 59.4 Å². The van der Waals surface area contributed by atoms with E-state index in [4.69, 9.17) is 0 Å². The molecule has 0 aromatic rings. The van der Waals surface area contributed by atoms with Crippen molar-refractivity contribution in [2.75, 3.05) is 27.2 Å². The minimum Gasteiger partial charge on any atom is -0.378 e. The van der Waals surface area contributed by atoms with Crippen molar-refractivity contribution in [1.29, 1.82) is 0 Å². The van der Waals surface area contributed by atoms with Gasteiger partial charge in [0.25, 0.3) is 0 Å². The van der Waals surface area contributed by atoms with E-state index < -0.39 is 0 Å². The molecule has 0 aromatic heterocycles. The minimum atomic E-state index is 0.560. The van der Waals surface area contributed by atoms with Gasteiger partial charge in [0.05, 0.1) is 11.4 Å². The molecule has 3 heterocycles. The zero-order chi connectivity index (χ0) is 15.0. The molecule has 0 aromatic carbocycles. The second-order valence-electron chi connectivity index (χ2n) is 6.40. The Hall–Kier alpha value is -1.90. The van der Waals surface area contributed by atoms with Crippen LogP contribution in [0.25, 0.3) is 0 Å². The highest BCUT2D eigenvalue weighted by Crippen LogP contribution is 2.31. The van der Waals surface area contributed by atoms with E-state index in [9.17, 15) is 0 Å². The topological polar surface area (TPSA) is 9.72 Å². The SMILES string of the molecule is CC(C)C1=CC2=C3C=C(N(C)C)C=CN3CCCN2C=C1. The predicted octanol–water partition coefficient (Wildman–Crippen LogP) is 3.29. The zero-order valence-electron chi connectivity index (χ0n) is 13.5. The van der Waals surface area contributed by atoms with Crippen LogP contribution in [-0.2, 0) is 0 Å². The molecule has 0 N–H and O–H groups in total. The molecule has 0 atom stereocenters. The normalized spacial score (nSPS) is 21.0. The zero-order valence-corrected chi connectivity index (χ0v) is 13.5. The molecule has 0 amide bonds. The highest BCUT2D eigenvalue weighted by molar-refractivity contribution is 5.46. The van der Waals surface area contributed by atoms with Crippen LogP contribution in [0.4, 0.5) is 0 Å². The number of allylic oxidation sites excluding steroid dienone is 5. The van der Waals surface area contributed by atoms with E-state index in [1.54, 1.807) is 0 Å². The van der Waals surface area contributed by atoms with Crippen LogP contribution in [0.1, 0.15) is 20.3 Å². The first kappa shape index (κ1) is 14.1. The van der Waals surface area contributed by atoms with Gasteiger partial charge in [0.15, 0.2) is 0 Å². The lowest BCUT2D eigenvalue weighted by Crippen LogP contribution is -2.24. The maximum atomic E-state index is 2.39. The number of nitrogens with zero attached hydrogens (tertiary/aromatic N) is 3. The van der Waals surface area contributed by atoms with Crippen molar-refractivity contribution in [2.24, 2.45) is 5.92 Å². The minimum absolute atomic E-state index is 0.560. The first-order chi connectivity index (χ1) is 10.1. The maximum absolute atomic E-state index is 2.39. The monoisotopic (exact) mass is 283 g/mol. The van der Waals surface area contributed by atoms with E-state index in [-0.39, 0.29) is 0 Å². The molecule has 0 aliphatic carbocycles. The second kappa shape index (κ2) is 5.47. The maximum Gasteiger partial charge on any atom is 0.0668 e. The average molecular weight is 283 g/mol. The smallest absolute Gasteiger partial charge is 0.0668 e. The van der Waals surface area contributed by atoms with Gasteiger partial charge in [-0.15, -0.1) is 0 Å². The van der Waals surface area contributed by atoms with Gasteiger partial charge in [0.2, 0.25) is 0 Å². The molecule has 21 heavy (non-hydrogen) atoms. The van der Waals surface area contributed by atoms with E-state index in [0.717, 1.165) is 13.1 Å². The molecule has 0 fully saturated rings. The van der Waals surface area contributed by atoms with Crippen LogP contribution < -0.4 is 0 Å². The van der Waals surface area contributed by atoms with Gasteiger partial charge < -0.3 is 14.7 Å². The fraction of sp³-hybridized carbons (Fsp3) is 0.444. The van der Waals surface area contributed by atoms with Crippen molar-refractivity contribution in [3.63, 3.8) is 0 Å². The summed E-state index contributed by atoms with van der Waals surface area (Å²) in [6, 6.07) is 0. The lowest BCUT2D eigenvalue weighted by atomic mass is 9.98. The molecule has 3 heteroatoms. The summed E-state index contributed by atoms with van der Waals surface area (Å²) in [5, 5.41) is 0. The van der Waals surface area contributed by atoms with E-state index in [0.29, 0.717) is 5.92 Å². The quantitative estimate of drug-likeness (QED) is 0.770. The Morgan fingerprint density at radius 2 is 1.57 bits per heavy atom. The van der Waals surface area contributed by atoms with Crippen molar-refractivity contribution >= 4 is 0 Å². The van der Waals surface area contributed by atoms with Gasteiger partial charge >= 0.3 is 0 Å². The summed E-state index contributed by atoms with van der Waals surface area (Å²) in [6.07, 6.45) is 14.8. The summed E-state index contributed by atoms with van der Waals surface area (Å²) in [6.45, 7) is 6.69. The predicted molar refractivity (Wildman–Crippen MR) is 88.0 cm³/mol. The second-order valence-corrected chi connectivity index (χ2v) is 6.40. The Morgan fingerprint density at radius 3 is 2.19 bits per heavy atom.